The number of pyridine rings is 2. The lowest BCUT2D eigenvalue weighted by atomic mass is 9.97. The number of ether oxygens (including phenoxy) is 1. The Labute approximate surface area is 159 Å². The summed E-state index contributed by atoms with van der Waals surface area (Å²) in [6.45, 7) is 8.09. The second-order valence-corrected chi connectivity index (χ2v) is 6.37. The highest BCUT2D eigenvalue weighted by molar-refractivity contribution is 6.07. The predicted molar refractivity (Wildman–Crippen MR) is 107 cm³/mol. The fraction of sp³-hybridized carbons (Fsp3) is 0.150. The molecule has 4 rings (SSSR count). The van der Waals surface area contributed by atoms with Crippen molar-refractivity contribution in [1.29, 1.82) is 0 Å². The van der Waals surface area contributed by atoms with Gasteiger partial charge in [0.15, 0.2) is 0 Å². The highest BCUT2D eigenvalue weighted by Crippen LogP contribution is 2.36. The topological polar surface area (TPSA) is 110 Å². The molecule has 0 fully saturated rings. The minimum atomic E-state index is -0.451. The van der Waals surface area contributed by atoms with E-state index in [1.165, 1.54) is 12.3 Å². The van der Waals surface area contributed by atoms with Gasteiger partial charge in [0.1, 0.15) is 22.8 Å². The normalized spacial score (nSPS) is 11.2. The molecule has 0 aliphatic heterocycles. The van der Waals surface area contributed by atoms with Crippen LogP contribution in [-0.4, -0.2) is 26.8 Å². The van der Waals surface area contributed by atoms with E-state index in [2.05, 4.69) is 26.7 Å². The summed E-state index contributed by atoms with van der Waals surface area (Å²) in [6, 6.07) is 2.88. The van der Waals surface area contributed by atoms with E-state index in [0.717, 1.165) is 5.56 Å². The van der Waals surface area contributed by atoms with Crippen LogP contribution in [0.4, 0.5) is 10.1 Å². The molecule has 142 valence electrons. The van der Waals surface area contributed by atoms with Gasteiger partial charge >= 0.3 is 0 Å². The molecule has 0 amide bonds. The molecule has 4 aromatic rings. The first kappa shape index (κ1) is 17.7. The molecule has 0 aliphatic rings. The molecule has 0 atom stereocenters. The largest absolute Gasteiger partial charge is 0.494 e. The molecule has 3 aromatic heterocycles. The van der Waals surface area contributed by atoms with Gasteiger partial charge < -0.3 is 15.5 Å². The molecule has 0 bridgehead atoms. The SMILES string of the molecule is C=C(OCC)c1cnc2c(-c3ccc(F)c4[nH]ncc34)c(N)c(=O)[nH]c2c1C. The molecule has 0 aliphatic carbocycles. The van der Waals surface area contributed by atoms with Gasteiger partial charge in [-0.2, -0.15) is 5.10 Å². The average Bonchev–Trinajstić information content (AvgIpc) is 3.16. The van der Waals surface area contributed by atoms with Gasteiger partial charge in [0.2, 0.25) is 0 Å². The van der Waals surface area contributed by atoms with Gasteiger partial charge in [-0.05, 0) is 31.0 Å². The summed E-state index contributed by atoms with van der Waals surface area (Å²) in [5, 5.41) is 7.06. The molecular formula is C20H18FN5O2. The maximum absolute atomic E-state index is 14.1. The number of hydrogen-bond acceptors (Lipinski definition) is 5. The summed E-state index contributed by atoms with van der Waals surface area (Å²) in [7, 11) is 0. The van der Waals surface area contributed by atoms with Crippen molar-refractivity contribution in [3.8, 4) is 11.1 Å². The number of fused-ring (bicyclic) bond motifs is 2. The third-order valence-corrected chi connectivity index (χ3v) is 4.78. The molecule has 0 unspecified atom stereocenters. The molecule has 4 N–H and O–H groups in total. The lowest BCUT2D eigenvalue weighted by molar-refractivity contribution is 0.299. The average molecular weight is 379 g/mol. The molecule has 7 nitrogen and oxygen atoms in total. The number of nitrogens with zero attached hydrogens (tertiary/aromatic N) is 2. The lowest BCUT2D eigenvalue weighted by Gasteiger charge is -2.15. The molecule has 0 spiro atoms. The van der Waals surface area contributed by atoms with Crippen LogP contribution in [0.1, 0.15) is 18.1 Å². The standard InChI is InChI=1S/C20H18FN5O2/c1-4-28-10(3)12-7-23-19-15(16(22)20(27)25-17(19)9(12)2)11-5-6-14(21)18-13(11)8-24-26-18/h5-8H,3-4,22H2,1-2H3,(H,24,26)(H,25,27). The molecule has 0 radical (unpaired) electrons. The summed E-state index contributed by atoms with van der Waals surface area (Å²) in [5.74, 6) is 0.0241. The van der Waals surface area contributed by atoms with Crippen LogP contribution < -0.4 is 11.3 Å². The van der Waals surface area contributed by atoms with Crippen molar-refractivity contribution in [1.82, 2.24) is 20.2 Å². The number of nitrogens with two attached hydrogens (primary N) is 1. The first-order valence-corrected chi connectivity index (χ1v) is 8.69. The zero-order valence-corrected chi connectivity index (χ0v) is 15.4. The Morgan fingerprint density at radius 3 is 2.86 bits per heavy atom. The van der Waals surface area contributed by atoms with Crippen molar-refractivity contribution in [3.63, 3.8) is 0 Å². The number of aromatic nitrogens is 4. The highest BCUT2D eigenvalue weighted by Gasteiger charge is 2.20. The van der Waals surface area contributed by atoms with Crippen LogP contribution in [0.15, 0.2) is 35.9 Å². The summed E-state index contributed by atoms with van der Waals surface area (Å²) in [6.07, 6.45) is 3.13. The quantitative estimate of drug-likeness (QED) is 0.470. The van der Waals surface area contributed by atoms with E-state index in [1.54, 1.807) is 12.3 Å². The number of rotatable bonds is 4. The second-order valence-electron chi connectivity index (χ2n) is 6.37. The maximum Gasteiger partial charge on any atom is 0.272 e. The van der Waals surface area contributed by atoms with E-state index in [9.17, 15) is 9.18 Å². The van der Waals surface area contributed by atoms with Crippen molar-refractivity contribution in [2.24, 2.45) is 0 Å². The van der Waals surface area contributed by atoms with Gasteiger partial charge in [-0.3, -0.25) is 14.9 Å². The number of hydrogen-bond donors (Lipinski definition) is 3. The van der Waals surface area contributed by atoms with Crippen molar-refractivity contribution >= 4 is 33.4 Å². The first-order valence-electron chi connectivity index (χ1n) is 8.69. The van der Waals surface area contributed by atoms with Crippen molar-refractivity contribution in [2.75, 3.05) is 12.3 Å². The zero-order chi connectivity index (χ0) is 20.0. The number of halogens is 1. The molecule has 0 saturated heterocycles. The fourth-order valence-electron chi connectivity index (χ4n) is 3.39. The van der Waals surface area contributed by atoms with Crippen LogP contribution >= 0.6 is 0 Å². The van der Waals surface area contributed by atoms with Gasteiger partial charge in [-0.1, -0.05) is 12.6 Å². The van der Waals surface area contributed by atoms with Crippen LogP contribution in [-0.2, 0) is 4.74 Å². The van der Waals surface area contributed by atoms with Crippen LogP contribution in [0.2, 0.25) is 0 Å². The van der Waals surface area contributed by atoms with Crippen LogP contribution in [0, 0.1) is 12.7 Å². The Kier molecular flexibility index (Phi) is 4.11. The molecule has 8 heteroatoms. The molecule has 0 saturated carbocycles. The first-order chi connectivity index (χ1) is 13.4. The van der Waals surface area contributed by atoms with Crippen molar-refractivity contribution in [3.05, 3.63) is 58.4 Å². The van der Waals surface area contributed by atoms with E-state index >= 15 is 0 Å². The van der Waals surface area contributed by atoms with E-state index in [0.29, 0.717) is 45.5 Å². The number of nitrogen functional groups attached to an aromatic ring is 1. The molecule has 3 heterocycles. The minimum Gasteiger partial charge on any atom is -0.494 e. The number of H-pyrrole nitrogens is 2. The molecular weight excluding hydrogens is 361 g/mol. The van der Waals surface area contributed by atoms with E-state index in [1.807, 2.05) is 13.8 Å². The molecule has 28 heavy (non-hydrogen) atoms. The van der Waals surface area contributed by atoms with Crippen LogP contribution in [0.25, 0.3) is 38.8 Å². The van der Waals surface area contributed by atoms with E-state index in [4.69, 9.17) is 10.5 Å². The Hall–Kier alpha value is -3.68. The van der Waals surface area contributed by atoms with Crippen molar-refractivity contribution in [2.45, 2.75) is 13.8 Å². The summed E-state index contributed by atoms with van der Waals surface area (Å²) in [4.78, 5) is 19.9. The van der Waals surface area contributed by atoms with Crippen LogP contribution in [0.3, 0.4) is 0 Å². The number of benzene rings is 1. The Morgan fingerprint density at radius 2 is 2.11 bits per heavy atom. The Bertz CT molecular complexity index is 1310. The smallest absolute Gasteiger partial charge is 0.272 e. The number of aromatic amines is 2. The Morgan fingerprint density at radius 1 is 1.32 bits per heavy atom. The Balaban J connectivity index is 2.09. The number of anilines is 1. The maximum atomic E-state index is 14.1. The monoisotopic (exact) mass is 379 g/mol. The minimum absolute atomic E-state index is 0.00453. The van der Waals surface area contributed by atoms with E-state index in [-0.39, 0.29) is 11.2 Å². The summed E-state index contributed by atoms with van der Waals surface area (Å²) < 4.78 is 19.6. The van der Waals surface area contributed by atoms with Gasteiger partial charge in [0.25, 0.3) is 5.56 Å². The summed E-state index contributed by atoms with van der Waals surface area (Å²) in [5.41, 5.74) is 9.38. The third kappa shape index (κ3) is 2.53. The summed E-state index contributed by atoms with van der Waals surface area (Å²) >= 11 is 0. The third-order valence-electron chi connectivity index (χ3n) is 4.78. The lowest BCUT2D eigenvalue weighted by Crippen LogP contribution is -2.15. The second kappa shape index (κ2) is 6.49. The predicted octanol–water partition coefficient (Wildman–Crippen LogP) is 3.50. The molecule has 1 aromatic carbocycles. The van der Waals surface area contributed by atoms with Gasteiger partial charge in [-0.25, -0.2) is 4.39 Å². The number of aryl methyl sites for hydroxylation is 1. The van der Waals surface area contributed by atoms with E-state index < -0.39 is 11.4 Å². The zero-order valence-electron chi connectivity index (χ0n) is 15.4. The van der Waals surface area contributed by atoms with Gasteiger partial charge in [0.05, 0.1) is 23.8 Å². The van der Waals surface area contributed by atoms with Crippen molar-refractivity contribution < 1.29 is 9.13 Å². The van der Waals surface area contributed by atoms with Gasteiger partial charge in [-0.15, -0.1) is 0 Å². The fourth-order valence-corrected chi connectivity index (χ4v) is 3.39. The number of nitrogens with one attached hydrogen (secondary N) is 2. The van der Waals surface area contributed by atoms with Gasteiger partial charge in [0, 0.05) is 22.7 Å². The van der Waals surface area contributed by atoms with Crippen LogP contribution in [0.5, 0.6) is 0 Å². The highest BCUT2D eigenvalue weighted by atomic mass is 19.1.